The molecule has 146 valence electrons. The predicted molar refractivity (Wildman–Crippen MR) is 108 cm³/mol. The number of carbonyl (C=O) groups is 2. The molecule has 1 heterocycles. The smallest absolute Gasteiger partial charge is 0.306 e. The molecule has 0 aliphatic carbocycles. The molecule has 3 rings (SSSR count). The Bertz CT molecular complexity index is 954. The molecule has 0 radical (unpaired) electrons. The van der Waals surface area contributed by atoms with Crippen molar-refractivity contribution >= 4 is 39.1 Å². The van der Waals surface area contributed by atoms with Crippen LogP contribution in [0.2, 0.25) is 0 Å². The highest BCUT2D eigenvalue weighted by Crippen LogP contribution is 2.23. The number of hydrogen-bond acceptors (Lipinski definition) is 5. The van der Waals surface area contributed by atoms with Crippen molar-refractivity contribution in [1.82, 2.24) is 4.98 Å². The Balaban J connectivity index is 1.33. The Kier molecular flexibility index (Phi) is 6.71. The summed E-state index contributed by atoms with van der Waals surface area (Å²) in [4.78, 5) is 28.1. The minimum Gasteiger partial charge on any atom is -0.456 e. The van der Waals surface area contributed by atoms with Crippen molar-refractivity contribution in [2.24, 2.45) is 0 Å². The Hall–Kier alpha value is -2.80. The first kappa shape index (κ1) is 19.9. The van der Waals surface area contributed by atoms with Crippen molar-refractivity contribution in [3.05, 3.63) is 58.9 Å². The molecule has 1 aromatic heterocycles. The van der Waals surface area contributed by atoms with E-state index in [2.05, 4.69) is 10.3 Å². The number of amides is 1. The zero-order valence-corrected chi connectivity index (χ0v) is 16.4. The topological polar surface area (TPSA) is 68.3 Å². The zero-order chi connectivity index (χ0) is 19.9. The first-order valence-electron chi connectivity index (χ1n) is 9.07. The number of hydrogen-bond donors (Lipinski definition) is 1. The van der Waals surface area contributed by atoms with Crippen molar-refractivity contribution < 1.29 is 18.7 Å². The van der Waals surface area contributed by atoms with Crippen LogP contribution in [-0.4, -0.2) is 23.5 Å². The van der Waals surface area contributed by atoms with E-state index < -0.39 is 17.7 Å². The number of nitrogens with one attached hydrogen (secondary N) is 1. The lowest BCUT2D eigenvalue weighted by Crippen LogP contribution is -2.20. The van der Waals surface area contributed by atoms with E-state index in [1.807, 2.05) is 24.3 Å². The molecule has 2 aromatic carbocycles. The number of nitrogens with zero attached hydrogens (tertiary/aromatic N) is 1. The minimum atomic E-state index is -0.494. The summed E-state index contributed by atoms with van der Waals surface area (Å²) in [6.45, 7) is 1.26. The number of para-hydroxylation sites is 1. The molecule has 28 heavy (non-hydrogen) atoms. The van der Waals surface area contributed by atoms with E-state index in [1.165, 1.54) is 6.07 Å². The number of aromatic nitrogens is 1. The van der Waals surface area contributed by atoms with E-state index >= 15 is 0 Å². The van der Waals surface area contributed by atoms with Crippen molar-refractivity contribution in [1.29, 1.82) is 0 Å². The summed E-state index contributed by atoms with van der Waals surface area (Å²) in [5.74, 6) is -1.32. The van der Waals surface area contributed by atoms with Crippen LogP contribution >= 0.6 is 11.3 Å². The predicted octanol–water partition coefficient (Wildman–Crippen LogP) is 4.64. The third-order valence-corrected chi connectivity index (χ3v) is 5.28. The maximum Gasteiger partial charge on any atom is 0.306 e. The summed E-state index contributed by atoms with van der Waals surface area (Å²) < 4.78 is 19.6. The van der Waals surface area contributed by atoms with Crippen LogP contribution < -0.4 is 5.32 Å². The van der Waals surface area contributed by atoms with Crippen LogP contribution in [0.1, 0.15) is 29.8 Å². The zero-order valence-electron chi connectivity index (χ0n) is 15.5. The fraction of sp³-hybridized carbons (Fsp3) is 0.286. The summed E-state index contributed by atoms with van der Waals surface area (Å²) in [6, 6.07) is 12.4. The van der Waals surface area contributed by atoms with E-state index in [4.69, 9.17) is 4.74 Å². The normalized spacial score (nSPS) is 10.8. The highest BCUT2D eigenvalue weighted by molar-refractivity contribution is 7.18. The number of carbonyl (C=O) groups excluding carboxylic acids is 2. The van der Waals surface area contributed by atoms with E-state index in [1.54, 1.807) is 30.4 Å². The molecule has 0 spiro atoms. The van der Waals surface area contributed by atoms with Gasteiger partial charge in [0.05, 0.1) is 15.2 Å². The van der Waals surface area contributed by atoms with Crippen LogP contribution in [0.15, 0.2) is 42.5 Å². The molecular weight excluding hydrogens is 379 g/mol. The first-order chi connectivity index (χ1) is 13.5. The van der Waals surface area contributed by atoms with Gasteiger partial charge in [0.15, 0.2) is 6.61 Å². The van der Waals surface area contributed by atoms with Gasteiger partial charge < -0.3 is 10.1 Å². The molecule has 5 nitrogen and oxygen atoms in total. The number of halogens is 1. The molecule has 0 aliphatic rings. The van der Waals surface area contributed by atoms with Gasteiger partial charge in [-0.05, 0) is 56.0 Å². The number of anilines is 1. The van der Waals surface area contributed by atoms with Crippen LogP contribution in [0.25, 0.3) is 10.2 Å². The molecular formula is C21H21FN2O3S. The number of thiazole rings is 1. The quantitative estimate of drug-likeness (QED) is 0.442. The van der Waals surface area contributed by atoms with E-state index in [0.29, 0.717) is 17.7 Å². The molecule has 0 unspecified atom stereocenters. The lowest BCUT2D eigenvalue weighted by Gasteiger charge is -2.07. The lowest BCUT2D eigenvalue weighted by atomic mass is 10.2. The summed E-state index contributed by atoms with van der Waals surface area (Å²) >= 11 is 1.67. The average Bonchev–Trinajstić information content (AvgIpc) is 3.09. The van der Waals surface area contributed by atoms with E-state index in [-0.39, 0.29) is 13.0 Å². The third-order valence-electron chi connectivity index (χ3n) is 4.18. The first-order valence-corrected chi connectivity index (χ1v) is 9.89. The van der Waals surface area contributed by atoms with Crippen molar-refractivity contribution in [3.63, 3.8) is 0 Å². The minimum absolute atomic E-state index is 0.247. The van der Waals surface area contributed by atoms with Gasteiger partial charge in [0.2, 0.25) is 0 Å². The number of benzene rings is 2. The maximum atomic E-state index is 13.5. The molecule has 0 bridgehead atoms. The number of unbranched alkanes of at least 4 members (excludes halogenated alkanes) is 1. The number of ether oxygens (including phenoxy) is 1. The Morgan fingerprint density at radius 1 is 1.18 bits per heavy atom. The van der Waals surface area contributed by atoms with Crippen molar-refractivity contribution in [3.8, 4) is 0 Å². The van der Waals surface area contributed by atoms with Crippen LogP contribution in [0.5, 0.6) is 0 Å². The molecule has 0 saturated heterocycles. The average molecular weight is 400 g/mol. The highest BCUT2D eigenvalue weighted by Gasteiger charge is 2.09. The summed E-state index contributed by atoms with van der Waals surface area (Å²) in [7, 11) is 0. The summed E-state index contributed by atoms with van der Waals surface area (Å²) in [6.07, 6.45) is 2.55. The van der Waals surface area contributed by atoms with E-state index in [9.17, 15) is 14.0 Å². The molecule has 7 heteroatoms. The van der Waals surface area contributed by atoms with Gasteiger partial charge in [0.1, 0.15) is 5.82 Å². The molecule has 0 atom stereocenters. The van der Waals surface area contributed by atoms with Gasteiger partial charge in [-0.3, -0.25) is 9.59 Å². The second-order valence-corrected chi connectivity index (χ2v) is 7.57. The van der Waals surface area contributed by atoms with Crippen LogP contribution in [0.4, 0.5) is 10.1 Å². The molecule has 0 saturated carbocycles. The monoisotopic (exact) mass is 400 g/mol. The van der Waals surface area contributed by atoms with Crippen molar-refractivity contribution in [2.45, 2.75) is 32.6 Å². The van der Waals surface area contributed by atoms with Crippen LogP contribution in [-0.2, 0) is 20.7 Å². The molecule has 1 N–H and O–H groups in total. The van der Waals surface area contributed by atoms with Gasteiger partial charge in [-0.15, -0.1) is 11.3 Å². The fourth-order valence-corrected chi connectivity index (χ4v) is 3.67. The van der Waals surface area contributed by atoms with Gasteiger partial charge in [-0.2, -0.15) is 0 Å². The second kappa shape index (κ2) is 9.41. The van der Waals surface area contributed by atoms with Crippen molar-refractivity contribution in [2.75, 3.05) is 11.9 Å². The third kappa shape index (κ3) is 5.60. The molecule has 3 aromatic rings. The van der Waals surface area contributed by atoms with E-state index in [0.717, 1.165) is 28.1 Å². The molecule has 0 aliphatic heterocycles. The number of fused-ring (bicyclic) bond motifs is 1. The SMILES string of the molecule is Cc1ccc(NC(=O)COC(=O)CCCCc2nc3ccccc3s2)cc1F. The number of aryl methyl sites for hydroxylation is 2. The van der Waals surface area contributed by atoms with Crippen LogP contribution in [0.3, 0.4) is 0 Å². The number of esters is 1. The Morgan fingerprint density at radius 2 is 2.00 bits per heavy atom. The maximum absolute atomic E-state index is 13.5. The lowest BCUT2D eigenvalue weighted by molar-refractivity contribution is -0.147. The fourth-order valence-electron chi connectivity index (χ4n) is 2.66. The van der Waals surface area contributed by atoms with Gasteiger partial charge in [-0.25, -0.2) is 9.37 Å². The van der Waals surface area contributed by atoms with Gasteiger partial charge >= 0.3 is 5.97 Å². The Labute approximate surface area is 166 Å². The largest absolute Gasteiger partial charge is 0.456 e. The van der Waals surface area contributed by atoms with Crippen LogP contribution in [0, 0.1) is 12.7 Å². The molecule has 0 fully saturated rings. The second-order valence-electron chi connectivity index (χ2n) is 6.46. The van der Waals surface area contributed by atoms with Gasteiger partial charge in [0, 0.05) is 12.1 Å². The van der Waals surface area contributed by atoms with Gasteiger partial charge in [0.25, 0.3) is 5.91 Å². The standard InChI is InChI=1S/C21H21FN2O3S/c1-14-10-11-15(12-16(14)22)23-19(25)13-27-21(26)9-5-4-8-20-24-17-6-2-3-7-18(17)28-20/h2-3,6-7,10-12H,4-5,8-9,13H2,1H3,(H,23,25). The van der Waals surface area contributed by atoms with Gasteiger partial charge in [-0.1, -0.05) is 18.2 Å². The Morgan fingerprint density at radius 3 is 2.79 bits per heavy atom. The highest BCUT2D eigenvalue weighted by atomic mass is 32.1. The summed E-state index contributed by atoms with van der Waals surface area (Å²) in [5.41, 5.74) is 1.83. The summed E-state index contributed by atoms with van der Waals surface area (Å²) in [5, 5.41) is 3.56. The molecule has 1 amide bonds. The number of rotatable bonds is 8.